The molecule has 1 saturated heterocycles. The fourth-order valence-corrected chi connectivity index (χ4v) is 2.63. The molecule has 0 saturated carbocycles. The van der Waals surface area contributed by atoms with Crippen LogP contribution in [0.25, 0.3) is 0 Å². The summed E-state index contributed by atoms with van der Waals surface area (Å²) < 4.78 is 5.65. The molecule has 5 nitrogen and oxygen atoms in total. The Hall–Kier alpha value is -1.75. The van der Waals surface area contributed by atoms with Gasteiger partial charge in [0, 0.05) is 25.2 Å². The molecule has 2 rings (SSSR count). The number of carbonyl (C=O) groups excluding carboxylic acids is 1. The summed E-state index contributed by atoms with van der Waals surface area (Å²) in [5.41, 5.74) is 0.715. The third kappa shape index (κ3) is 4.63. The van der Waals surface area contributed by atoms with E-state index in [-0.39, 0.29) is 12.1 Å². The Balaban J connectivity index is 1.87. The van der Waals surface area contributed by atoms with Crippen molar-refractivity contribution in [3.8, 4) is 5.75 Å². The fraction of sp³-hybridized carbons (Fsp3) is 0.588. The first kappa shape index (κ1) is 16.6. The lowest BCUT2D eigenvalue weighted by Crippen LogP contribution is -2.40. The van der Waals surface area contributed by atoms with Gasteiger partial charge in [0.15, 0.2) is 0 Å². The Bertz CT molecular complexity index is 491. The van der Waals surface area contributed by atoms with Crippen LogP contribution < -0.4 is 15.4 Å². The lowest BCUT2D eigenvalue weighted by Gasteiger charge is -2.20. The van der Waals surface area contributed by atoms with Gasteiger partial charge in [0.25, 0.3) is 0 Å². The number of para-hydroxylation sites is 2. The molecule has 122 valence electrons. The van der Waals surface area contributed by atoms with Crippen LogP contribution in [0.2, 0.25) is 0 Å². The minimum absolute atomic E-state index is 0.164. The van der Waals surface area contributed by atoms with Crippen LogP contribution in [0.5, 0.6) is 5.75 Å². The number of rotatable bonds is 6. The van der Waals surface area contributed by atoms with Crippen molar-refractivity contribution in [2.24, 2.45) is 0 Å². The third-order valence-electron chi connectivity index (χ3n) is 3.88. The molecule has 0 bridgehead atoms. The maximum Gasteiger partial charge on any atom is 0.319 e. The van der Waals surface area contributed by atoms with Crippen LogP contribution in [0, 0.1) is 0 Å². The lowest BCUT2D eigenvalue weighted by molar-refractivity contribution is 0.243. The van der Waals surface area contributed by atoms with E-state index in [1.54, 1.807) is 0 Å². The van der Waals surface area contributed by atoms with Crippen LogP contribution in [0.4, 0.5) is 10.5 Å². The van der Waals surface area contributed by atoms with E-state index in [4.69, 9.17) is 4.74 Å². The topological polar surface area (TPSA) is 53.6 Å². The molecule has 0 aliphatic carbocycles. The van der Waals surface area contributed by atoms with Gasteiger partial charge in [-0.25, -0.2) is 4.79 Å². The van der Waals surface area contributed by atoms with E-state index < -0.39 is 0 Å². The highest BCUT2D eigenvalue weighted by atomic mass is 16.5. The summed E-state index contributed by atoms with van der Waals surface area (Å²) in [6.07, 6.45) is 1.94. The normalized spacial score (nSPS) is 18.5. The van der Waals surface area contributed by atoms with Crippen molar-refractivity contribution in [2.45, 2.75) is 45.7 Å². The molecule has 0 aromatic heterocycles. The molecular formula is C17H27N3O2. The van der Waals surface area contributed by atoms with Crippen molar-refractivity contribution in [2.75, 3.05) is 25.0 Å². The van der Waals surface area contributed by atoms with Gasteiger partial charge in [-0.2, -0.15) is 0 Å². The Labute approximate surface area is 133 Å². The number of likely N-dealkylation sites (tertiary alicyclic amines) is 1. The molecule has 1 atom stereocenters. The average Bonchev–Trinajstić information content (AvgIpc) is 2.95. The number of hydrogen-bond donors (Lipinski definition) is 2. The van der Waals surface area contributed by atoms with Crippen LogP contribution in [-0.4, -0.2) is 42.7 Å². The number of benzene rings is 1. The van der Waals surface area contributed by atoms with E-state index >= 15 is 0 Å². The predicted molar refractivity (Wildman–Crippen MR) is 89.5 cm³/mol. The Kier molecular flexibility index (Phi) is 6.07. The summed E-state index contributed by atoms with van der Waals surface area (Å²) in [5, 5.41) is 5.95. The Morgan fingerprint density at radius 2 is 2.18 bits per heavy atom. The van der Waals surface area contributed by atoms with E-state index in [1.807, 2.05) is 24.3 Å². The molecular weight excluding hydrogens is 278 g/mol. The molecule has 1 aromatic carbocycles. The van der Waals surface area contributed by atoms with E-state index in [1.165, 1.54) is 0 Å². The molecule has 0 spiro atoms. The van der Waals surface area contributed by atoms with Gasteiger partial charge in [0.2, 0.25) is 0 Å². The van der Waals surface area contributed by atoms with Crippen LogP contribution in [0.15, 0.2) is 24.3 Å². The van der Waals surface area contributed by atoms with Gasteiger partial charge in [-0.15, -0.1) is 0 Å². The minimum Gasteiger partial charge on any atom is -0.491 e. The van der Waals surface area contributed by atoms with Crippen molar-refractivity contribution >= 4 is 11.7 Å². The number of amides is 2. The number of carbonyl (C=O) groups is 1. The van der Waals surface area contributed by atoms with Gasteiger partial charge in [-0.3, -0.25) is 4.90 Å². The fourth-order valence-electron chi connectivity index (χ4n) is 2.63. The standard InChI is InChI=1S/C17H27N3O2/c1-4-11-22-16-8-6-5-7-15(16)19-17(21)18-14-9-10-20(12-14)13(2)3/h5-8,13-14H,4,9-12H2,1-3H3,(H2,18,19,21). The summed E-state index contributed by atoms with van der Waals surface area (Å²) in [7, 11) is 0. The molecule has 1 aromatic rings. The number of anilines is 1. The van der Waals surface area contributed by atoms with E-state index in [0.29, 0.717) is 18.3 Å². The second-order valence-corrected chi connectivity index (χ2v) is 6.02. The lowest BCUT2D eigenvalue weighted by atomic mass is 10.2. The smallest absolute Gasteiger partial charge is 0.319 e. The largest absolute Gasteiger partial charge is 0.491 e. The highest BCUT2D eigenvalue weighted by Crippen LogP contribution is 2.24. The Morgan fingerprint density at radius 3 is 2.86 bits per heavy atom. The highest BCUT2D eigenvalue weighted by Gasteiger charge is 2.25. The molecule has 1 unspecified atom stereocenters. The van der Waals surface area contributed by atoms with Crippen molar-refractivity contribution in [3.63, 3.8) is 0 Å². The molecule has 1 aliphatic heterocycles. The molecule has 2 amide bonds. The zero-order valence-corrected chi connectivity index (χ0v) is 13.8. The predicted octanol–water partition coefficient (Wildman–Crippen LogP) is 3.08. The Morgan fingerprint density at radius 1 is 1.41 bits per heavy atom. The number of nitrogens with one attached hydrogen (secondary N) is 2. The average molecular weight is 305 g/mol. The molecule has 1 heterocycles. The molecule has 0 radical (unpaired) electrons. The van der Waals surface area contributed by atoms with Gasteiger partial charge in [-0.05, 0) is 38.8 Å². The first-order chi connectivity index (χ1) is 10.6. The molecule has 2 N–H and O–H groups in total. The zero-order valence-electron chi connectivity index (χ0n) is 13.8. The zero-order chi connectivity index (χ0) is 15.9. The second kappa shape index (κ2) is 8.03. The van der Waals surface area contributed by atoms with Gasteiger partial charge in [0.05, 0.1) is 12.3 Å². The van der Waals surface area contributed by atoms with Crippen molar-refractivity contribution in [3.05, 3.63) is 24.3 Å². The first-order valence-corrected chi connectivity index (χ1v) is 8.13. The quantitative estimate of drug-likeness (QED) is 0.849. The molecule has 1 aliphatic rings. The summed E-state index contributed by atoms with van der Waals surface area (Å²) in [4.78, 5) is 14.6. The van der Waals surface area contributed by atoms with E-state index in [0.717, 1.165) is 31.7 Å². The number of ether oxygens (including phenoxy) is 1. The van der Waals surface area contributed by atoms with Crippen molar-refractivity contribution < 1.29 is 9.53 Å². The van der Waals surface area contributed by atoms with Crippen LogP contribution in [-0.2, 0) is 0 Å². The highest BCUT2D eigenvalue weighted by molar-refractivity contribution is 5.91. The number of hydrogen-bond acceptors (Lipinski definition) is 3. The van der Waals surface area contributed by atoms with Crippen LogP contribution >= 0.6 is 0 Å². The molecule has 22 heavy (non-hydrogen) atoms. The van der Waals surface area contributed by atoms with Gasteiger partial charge < -0.3 is 15.4 Å². The van der Waals surface area contributed by atoms with Gasteiger partial charge in [-0.1, -0.05) is 19.1 Å². The maximum absolute atomic E-state index is 12.2. The number of urea groups is 1. The van der Waals surface area contributed by atoms with E-state index in [2.05, 4.69) is 36.3 Å². The van der Waals surface area contributed by atoms with Crippen LogP contribution in [0.1, 0.15) is 33.6 Å². The summed E-state index contributed by atoms with van der Waals surface area (Å²) >= 11 is 0. The summed E-state index contributed by atoms with van der Waals surface area (Å²) in [6, 6.07) is 8.11. The molecule has 5 heteroatoms. The maximum atomic E-state index is 12.2. The first-order valence-electron chi connectivity index (χ1n) is 8.13. The summed E-state index contributed by atoms with van der Waals surface area (Å²) in [5.74, 6) is 0.717. The van der Waals surface area contributed by atoms with Crippen LogP contribution in [0.3, 0.4) is 0 Å². The van der Waals surface area contributed by atoms with Crippen molar-refractivity contribution in [1.82, 2.24) is 10.2 Å². The van der Waals surface area contributed by atoms with Crippen molar-refractivity contribution in [1.29, 1.82) is 0 Å². The second-order valence-electron chi connectivity index (χ2n) is 6.02. The van der Waals surface area contributed by atoms with E-state index in [9.17, 15) is 4.79 Å². The SMILES string of the molecule is CCCOc1ccccc1NC(=O)NC1CCN(C(C)C)C1. The summed E-state index contributed by atoms with van der Waals surface area (Å²) in [6.45, 7) is 9.03. The minimum atomic E-state index is -0.164. The monoisotopic (exact) mass is 305 g/mol. The molecule has 1 fully saturated rings. The van der Waals surface area contributed by atoms with Gasteiger partial charge >= 0.3 is 6.03 Å². The number of nitrogens with zero attached hydrogens (tertiary/aromatic N) is 1. The third-order valence-corrected chi connectivity index (χ3v) is 3.88. The van der Waals surface area contributed by atoms with Gasteiger partial charge in [0.1, 0.15) is 5.75 Å².